The fourth-order valence-corrected chi connectivity index (χ4v) is 7.03. The van der Waals surface area contributed by atoms with Crippen LogP contribution in [0, 0.1) is 5.92 Å². The van der Waals surface area contributed by atoms with E-state index in [1.807, 2.05) is 4.90 Å². The molecule has 252 valence electrons. The molecule has 5 N–H and O–H groups in total. The summed E-state index contributed by atoms with van der Waals surface area (Å²) in [5.74, 6) is -4.34. The molecule has 47 heavy (non-hydrogen) atoms. The highest BCUT2D eigenvalue weighted by atomic mass is 35.5. The van der Waals surface area contributed by atoms with Gasteiger partial charge in [0, 0.05) is 55.4 Å². The Morgan fingerprint density at radius 3 is 2.36 bits per heavy atom. The lowest BCUT2D eigenvalue weighted by Gasteiger charge is -2.39. The van der Waals surface area contributed by atoms with Gasteiger partial charge in [0.2, 0.25) is 23.2 Å². The Kier molecular flexibility index (Phi) is 9.60. The molecule has 0 saturated carbocycles. The normalized spacial score (nSPS) is 22.1. The number of primary amides is 1. The first-order chi connectivity index (χ1) is 22.4. The molecule has 3 atom stereocenters. The number of ketones is 2. The zero-order chi connectivity index (χ0) is 34.2. The summed E-state index contributed by atoms with van der Waals surface area (Å²) in [7, 11) is 4.12. The quantitative estimate of drug-likeness (QED) is 0.291. The molecular formula is C33H38ClN3O10. The summed E-state index contributed by atoms with van der Waals surface area (Å²) in [6.07, 6.45) is 0.680. The first-order valence-electron chi connectivity index (χ1n) is 15.2. The lowest BCUT2D eigenvalue weighted by atomic mass is 9.69. The highest BCUT2D eigenvalue weighted by Crippen LogP contribution is 2.56. The van der Waals surface area contributed by atoms with E-state index in [1.54, 1.807) is 6.92 Å². The van der Waals surface area contributed by atoms with Gasteiger partial charge in [-0.25, -0.2) is 0 Å². The van der Waals surface area contributed by atoms with Crippen LogP contribution in [0.5, 0.6) is 28.7 Å². The molecule has 3 unspecified atom stereocenters. The molecule has 2 heterocycles. The van der Waals surface area contributed by atoms with Crippen molar-refractivity contribution in [3.05, 3.63) is 51.7 Å². The summed E-state index contributed by atoms with van der Waals surface area (Å²) < 4.78 is 22.4. The predicted octanol–water partition coefficient (Wildman–Crippen LogP) is 3.05. The SMILES string of the molecule is COc1cc(C(CC(=O)NC2CCN(CC(N)=O)CC2)C2=C(O)C3(Oc4c(Cl)c(OC)cc(OC)c4C3=O)C(C)CC2=O)ccc1O. The highest BCUT2D eigenvalue weighted by Gasteiger charge is 2.61. The van der Waals surface area contributed by atoms with Crippen LogP contribution >= 0.6 is 11.6 Å². The molecule has 1 spiro atoms. The number of amides is 2. The van der Waals surface area contributed by atoms with Gasteiger partial charge in [-0.05, 0) is 30.5 Å². The Morgan fingerprint density at radius 1 is 1.09 bits per heavy atom. The number of likely N-dealkylation sites (tertiary alicyclic amines) is 1. The van der Waals surface area contributed by atoms with Gasteiger partial charge in [-0.3, -0.25) is 24.1 Å². The van der Waals surface area contributed by atoms with Gasteiger partial charge in [-0.1, -0.05) is 24.6 Å². The van der Waals surface area contributed by atoms with Crippen molar-refractivity contribution in [2.45, 2.75) is 50.2 Å². The molecule has 14 heteroatoms. The summed E-state index contributed by atoms with van der Waals surface area (Å²) in [6.45, 7) is 2.88. The van der Waals surface area contributed by atoms with Crippen molar-refractivity contribution in [3.63, 3.8) is 0 Å². The van der Waals surface area contributed by atoms with Crippen molar-refractivity contribution in [1.82, 2.24) is 10.2 Å². The van der Waals surface area contributed by atoms with Crippen LogP contribution in [0.15, 0.2) is 35.6 Å². The number of fused-ring (bicyclic) bond motifs is 1. The monoisotopic (exact) mass is 671 g/mol. The third-order valence-corrected chi connectivity index (χ3v) is 9.55. The molecular weight excluding hydrogens is 634 g/mol. The molecule has 0 aromatic heterocycles. The Bertz CT molecular complexity index is 1650. The number of phenols is 1. The van der Waals surface area contributed by atoms with Crippen LogP contribution in [0.25, 0.3) is 0 Å². The number of piperidine rings is 1. The number of allylic oxidation sites excluding steroid dienone is 1. The van der Waals surface area contributed by atoms with E-state index in [-0.39, 0.29) is 70.3 Å². The maximum absolute atomic E-state index is 14.3. The zero-order valence-electron chi connectivity index (χ0n) is 26.6. The van der Waals surface area contributed by atoms with E-state index < -0.39 is 46.6 Å². The first kappa shape index (κ1) is 33.9. The van der Waals surface area contributed by atoms with Crippen molar-refractivity contribution in [2.75, 3.05) is 41.0 Å². The number of ether oxygens (including phenoxy) is 4. The second-order valence-electron chi connectivity index (χ2n) is 12.0. The second-order valence-corrected chi connectivity index (χ2v) is 12.4. The standard InChI is InChI=1S/C33H38ClN3O10/c1-16-11-21(39)27(31(42)33(16)32(43)28-23(45-3)14-24(46-4)29(34)30(28)47-33)19(17-5-6-20(38)22(12-17)44-2)13-26(41)36-18-7-9-37(10-8-18)15-25(35)40/h5-6,12,14,16,18-19,38,42H,7-11,13,15H2,1-4H3,(H2,35,40)(H,36,41). The number of methoxy groups -OCH3 is 3. The van der Waals surface area contributed by atoms with Gasteiger partial charge in [0.05, 0.1) is 27.9 Å². The number of carbonyl (C=O) groups excluding carboxylic acids is 4. The number of phenolic OH excluding ortho intramolecular Hbond substituents is 1. The van der Waals surface area contributed by atoms with Crippen LogP contribution < -0.4 is 30.0 Å². The summed E-state index contributed by atoms with van der Waals surface area (Å²) >= 11 is 6.57. The van der Waals surface area contributed by atoms with Crippen LogP contribution in [0.1, 0.15) is 54.4 Å². The number of halogens is 1. The zero-order valence-corrected chi connectivity index (χ0v) is 27.3. The molecule has 5 rings (SSSR count). The van der Waals surface area contributed by atoms with E-state index in [0.29, 0.717) is 31.5 Å². The van der Waals surface area contributed by atoms with Crippen LogP contribution in [-0.2, 0) is 14.4 Å². The van der Waals surface area contributed by atoms with Crippen molar-refractivity contribution < 1.29 is 48.3 Å². The van der Waals surface area contributed by atoms with E-state index in [4.69, 9.17) is 36.3 Å². The van der Waals surface area contributed by atoms with Gasteiger partial charge in [0.1, 0.15) is 22.1 Å². The minimum atomic E-state index is -2.04. The molecule has 1 aliphatic carbocycles. The number of aliphatic hydroxyl groups is 1. The molecule has 2 amide bonds. The topological polar surface area (TPSA) is 187 Å². The lowest BCUT2D eigenvalue weighted by Crippen LogP contribution is -2.53. The molecule has 1 fully saturated rings. The van der Waals surface area contributed by atoms with E-state index in [9.17, 15) is 29.4 Å². The third-order valence-electron chi connectivity index (χ3n) is 9.19. The molecule has 0 radical (unpaired) electrons. The number of Topliss-reactive ketones (excluding diaryl/α,β-unsaturated/α-hetero) is 2. The smallest absolute Gasteiger partial charge is 0.231 e. The molecule has 3 aliphatic rings. The van der Waals surface area contributed by atoms with Gasteiger partial charge >= 0.3 is 0 Å². The number of rotatable bonds is 10. The largest absolute Gasteiger partial charge is 0.507 e. The summed E-state index contributed by atoms with van der Waals surface area (Å²) in [4.78, 5) is 55.0. The molecule has 2 aromatic carbocycles. The van der Waals surface area contributed by atoms with E-state index in [0.717, 1.165) is 0 Å². The van der Waals surface area contributed by atoms with Gasteiger partial charge in [-0.2, -0.15) is 0 Å². The molecule has 1 saturated heterocycles. The molecule has 13 nitrogen and oxygen atoms in total. The molecule has 2 aliphatic heterocycles. The maximum atomic E-state index is 14.3. The van der Waals surface area contributed by atoms with Gasteiger partial charge in [0.25, 0.3) is 0 Å². The van der Waals surface area contributed by atoms with Gasteiger partial charge in [0.15, 0.2) is 28.8 Å². The summed E-state index contributed by atoms with van der Waals surface area (Å²) in [5, 5.41) is 25.4. The first-order valence-corrected chi connectivity index (χ1v) is 15.6. The van der Waals surface area contributed by atoms with Gasteiger partial charge in [-0.15, -0.1) is 0 Å². The third kappa shape index (κ3) is 6.05. The average Bonchev–Trinajstić information content (AvgIpc) is 3.35. The summed E-state index contributed by atoms with van der Waals surface area (Å²) in [6, 6.07) is 5.60. The maximum Gasteiger partial charge on any atom is 0.231 e. The number of nitrogens with two attached hydrogens (primary N) is 1. The van der Waals surface area contributed by atoms with E-state index in [2.05, 4.69) is 5.32 Å². The van der Waals surface area contributed by atoms with Crippen LogP contribution in [0.2, 0.25) is 5.02 Å². The average molecular weight is 672 g/mol. The summed E-state index contributed by atoms with van der Waals surface area (Å²) in [5.41, 5.74) is 3.47. The van der Waals surface area contributed by atoms with Crippen LogP contribution in [-0.4, -0.2) is 91.1 Å². The van der Waals surface area contributed by atoms with Crippen LogP contribution in [0.3, 0.4) is 0 Å². The number of nitrogens with one attached hydrogen (secondary N) is 1. The van der Waals surface area contributed by atoms with Gasteiger partial charge < -0.3 is 40.2 Å². The highest BCUT2D eigenvalue weighted by molar-refractivity contribution is 6.35. The Balaban J connectivity index is 1.56. The van der Waals surface area contributed by atoms with Crippen molar-refractivity contribution in [3.8, 4) is 28.7 Å². The molecule has 0 bridgehead atoms. The van der Waals surface area contributed by atoms with E-state index >= 15 is 0 Å². The number of benzene rings is 2. The van der Waals surface area contributed by atoms with Crippen molar-refractivity contribution >= 4 is 35.0 Å². The number of aliphatic hydroxyl groups excluding tert-OH is 1. The fraction of sp³-hybridized carbons (Fsp3) is 0.455. The lowest BCUT2D eigenvalue weighted by molar-refractivity contribution is -0.123. The van der Waals surface area contributed by atoms with Crippen molar-refractivity contribution in [1.29, 1.82) is 0 Å². The second kappa shape index (κ2) is 13.3. The molecule has 2 aromatic rings. The van der Waals surface area contributed by atoms with E-state index in [1.165, 1.54) is 45.6 Å². The number of nitrogens with zero attached hydrogens (tertiary/aromatic N) is 1. The number of aromatic hydroxyl groups is 1. The number of hydrogen-bond acceptors (Lipinski definition) is 11. The minimum Gasteiger partial charge on any atom is -0.507 e. The Labute approximate surface area is 276 Å². The Hall–Kier alpha value is -4.49. The van der Waals surface area contributed by atoms with Crippen LogP contribution in [0.4, 0.5) is 0 Å². The Morgan fingerprint density at radius 2 is 1.74 bits per heavy atom. The number of carbonyl (C=O) groups is 4. The number of hydrogen-bond donors (Lipinski definition) is 4. The fourth-order valence-electron chi connectivity index (χ4n) is 6.76. The van der Waals surface area contributed by atoms with Crippen molar-refractivity contribution in [2.24, 2.45) is 11.7 Å². The minimum absolute atomic E-state index is 0.00586. The predicted molar refractivity (Wildman–Crippen MR) is 170 cm³/mol.